The zero-order valence-electron chi connectivity index (χ0n) is 3.34. The van der Waals surface area contributed by atoms with Crippen LogP contribution in [0.1, 0.15) is 0 Å². The topological polar surface area (TPSA) is 80.3 Å². The summed E-state index contributed by atoms with van der Waals surface area (Å²) in [6, 6.07) is 0. The van der Waals surface area contributed by atoms with Crippen molar-refractivity contribution in [1.29, 1.82) is 0 Å². The fourth-order valence-electron chi connectivity index (χ4n) is 0.0544. The third-order valence-electron chi connectivity index (χ3n) is 0.133. The van der Waals surface area contributed by atoms with Crippen molar-refractivity contribution in [2.75, 3.05) is 0 Å². The van der Waals surface area contributed by atoms with Crippen molar-refractivity contribution in [2.24, 2.45) is 0 Å². The van der Waals surface area contributed by atoms with Gasteiger partial charge in [-0.1, -0.05) is 9.13 Å². The third-order valence-corrected chi connectivity index (χ3v) is 3.60. The molecule has 0 spiro atoms. The molecule has 2 unspecified atom stereocenters. The van der Waals surface area contributed by atoms with Crippen LogP contribution < -0.4 is 9.79 Å². The average molecular weight is 254 g/mol. The summed E-state index contributed by atoms with van der Waals surface area (Å²) in [6.07, 6.45) is 0. The van der Waals surface area contributed by atoms with Gasteiger partial charge in [-0.05, 0) is 0 Å². The van der Waals surface area contributed by atoms with Crippen LogP contribution in [0, 0.1) is 0 Å². The van der Waals surface area contributed by atoms with Gasteiger partial charge < -0.3 is 9.79 Å². The fraction of sp³-hybridized carbons (Fsp3) is 0. The van der Waals surface area contributed by atoms with Crippen LogP contribution in [-0.2, 0) is 30.2 Å². The standard InChI is InChI=1S/Mo.O4P2S/c;1-5(2)7-6(3)4. The van der Waals surface area contributed by atoms with E-state index in [0.717, 1.165) is 0 Å². The third kappa shape index (κ3) is 10.2. The largest absolute Gasteiger partial charge is 0.581 e. The summed E-state index contributed by atoms with van der Waals surface area (Å²) >= 11 is -0.0833. The summed E-state index contributed by atoms with van der Waals surface area (Å²) in [5.74, 6) is 0. The van der Waals surface area contributed by atoms with Crippen molar-refractivity contribution < 1.29 is 40.0 Å². The summed E-state index contributed by atoms with van der Waals surface area (Å²) in [6.45, 7) is 0. The molecule has 8 heteroatoms. The van der Waals surface area contributed by atoms with Gasteiger partial charge in [0.1, 0.15) is 0 Å². The molecule has 0 saturated heterocycles. The second-order valence-electron chi connectivity index (χ2n) is 0.529. The Balaban J connectivity index is 0. The fourth-order valence-corrected chi connectivity index (χ4v) is 1.47. The maximum Gasteiger partial charge on any atom is 0.438 e. The van der Waals surface area contributed by atoms with Gasteiger partial charge in [-0.2, -0.15) is 0 Å². The van der Waals surface area contributed by atoms with E-state index in [1.165, 1.54) is 0 Å². The van der Waals surface area contributed by atoms with E-state index < -0.39 is 14.5 Å². The molecule has 8 heavy (non-hydrogen) atoms. The zero-order chi connectivity index (χ0) is 5.86. The summed E-state index contributed by atoms with van der Waals surface area (Å²) in [4.78, 5) is 18.9. The first kappa shape index (κ1) is 11.9. The molecule has 0 radical (unpaired) electrons. The van der Waals surface area contributed by atoms with Gasteiger partial charge >= 0.3 is 25.5 Å². The van der Waals surface area contributed by atoms with Crippen molar-refractivity contribution >= 4 is 25.5 Å². The van der Waals surface area contributed by atoms with E-state index in [4.69, 9.17) is 0 Å². The summed E-state index contributed by atoms with van der Waals surface area (Å²) in [5, 5.41) is 0. The van der Waals surface area contributed by atoms with Crippen LogP contribution in [0.25, 0.3) is 0 Å². The smallest absolute Gasteiger partial charge is 0.438 e. The molecule has 0 aliphatic heterocycles. The molecule has 4 nitrogen and oxygen atoms in total. The van der Waals surface area contributed by atoms with E-state index in [0.29, 0.717) is 0 Å². The van der Waals surface area contributed by atoms with Gasteiger partial charge in [-0.15, -0.1) is 0 Å². The van der Waals surface area contributed by atoms with Gasteiger partial charge in [0.15, 0.2) is 0 Å². The van der Waals surface area contributed by atoms with E-state index in [9.17, 15) is 18.9 Å². The summed E-state index contributed by atoms with van der Waals surface area (Å²) < 4.78 is 18.9. The maximum atomic E-state index is 9.43. The van der Waals surface area contributed by atoms with Gasteiger partial charge in [0, 0.05) is 21.1 Å². The van der Waals surface area contributed by atoms with E-state index in [1.54, 1.807) is 0 Å². The van der Waals surface area contributed by atoms with Crippen molar-refractivity contribution in [3.8, 4) is 0 Å². The molecule has 0 aromatic rings. The number of rotatable bonds is 2. The van der Waals surface area contributed by atoms with Crippen LogP contribution in [0.2, 0.25) is 0 Å². The Morgan fingerprint density at radius 2 is 1.38 bits per heavy atom. The molecule has 46 valence electrons. The number of hydrogen-bond donors (Lipinski definition) is 0. The van der Waals surface area contributed by atoms with E-state index in [-0.39, 0.29) is 32.1 Å². The molecule has 0 saturated carbocycles. The molecule has 2 atom stereocenters. The van der Waals surface area contributed by atoms with Crippen molar-refractivity contribution in [2.45, 2.75) is 0 Å². The molecule has 0 aromatic carbocycles. The quantitative estimate of drug-likeness (QED) is 0.501. The van der Waals surface area contributed by atoms with Crippen LogP contribution in [0.15, 0.2) is 0 Å². The second kappa shape index (κ2) is 6.28. The Morgan fingerprint density at radius 3 is 1.38 bits per heavy atom. The predicted molar refractivity (Wildman–Crippen MR) is 22.8 cm³/mol. The second-order valence-corrected chi connectivity index (χ2v) is 5.34. The Kier molecular flexibility index (Phi) is 9.34. The average Bonchev–Trinajstić information content (AvgIpc) is 1.27. The molecule has 0 amide bonds. The van der Waals surface area contributed by atoms with Crippen LogP contribution >= 0.6 is 25.5 Å². The molecule has 0 aliphatic rings. The summed E-state index contributed by atoms with van der Waals surface area (Å²) in [5.41, 5.74) is 0. The van der Waals surface area contributed by atoms with Crippen LogP contribution in [-0.4, -0.2) is 0 Å². The minimum atomic E-state index is -2.82. The van der Waals surface area contributed by atoms with Crippen LogP contribution in [0.3, 0.4) is 0 Å². The maximum absolute atomic E-state index is 9.43. The van der Waals surface area contributed by atoms with Gasteiger partial charge in [-0.3, -0.25) is 0 Å². The SMILES string of the molecule is O=[P+]([O-])S[P+](=O)[O-].[Mo]. The van der Waals surface area contributed by atoms with Gasteiger partial charge in [-0.25, -0.2) is 0 Å². The minimum Gasteiger partial charge on any atom is -0.581 e. The zero-order valence-corrected chi connectivity index (χ0v) is 7.96. The molecule has 0 fully saturated rings. The van der Waals surface area contributed by atoms with Crippen molar-refractivity contribution in [1.82, 2.24) is 0 Å². The Bertz CT molecular complexity index is 90.2. The Morgan fingerprint density at radius 1 is 1.12 bits per heavy atom. The van der Waals surface area contributed by atoms with Crippen molar-refractivity contribution in [3.63, 3.8) is 0 Å². The molecule has 0 bridgehead atoms. The molecule has 0 aliphatic carbocycles. The first-order chi connectivity index (χ1) is 3.13. The van der Waals surface area contributed by atoms with Gasteiger partial charge in [0.25, 0.3) is 0 Å². The van der Waals surface area contributed by atoms with Crippen molar-refractivity contribution in [3.05, 3.63) is 0 Å². The molecule has 0 aromatic heterocycles. The minimum absolute atomic E-state index is 0. The molecular formula is MoO4P2S. The molecule has 0 rings (SSSR count). The first-order valence-corrected chi connectivity index (χ1v) is 5.48. The van der Waals surface area contributed by atoms with Crippen LogP contribution in [0.4, 0.5) is 0 Å². The number of hydrogen-bond acceptors (Lipinski definition) is 5. The van der Waals surface area contributed by atoms with E-state index in [1.807, 2.05) is 0 Å². The van der Waals surface area contributed by atoms with E-state index in [2.05, 4.69) is 0 Å². The monoisotopic (exact) mass is 256 g/mol. The Hall–Kier alpha value is 1.16. The van der Waals surface area contributed by atoms with E-state index >= 15 is 0 Å². The van der Waals surface area contributed by atoms with Crippen LogP contribution in [0.5, 0.6) is 0 Å². The molecule has 0 N–H and O–H groups in total. The summed E-state index contributed by atoms with van der Waals surface area (Å²) in [7, 11) is -5.64. The molecule has 0 heterocycles. The normalized spacial score (nSPS) is 11.8. The Labute approximate surface area is 65.6 Å². The molecular weight excluding hydrogens is 254 g/mol. The van der Waals surface area contributed by atoms with Gasteiger partial charge in [0.2, 0.25) is 0 Å². The first-order valence-electron chi connectivity index (χ1n) is 1.10. The van der Waals surface area contributed by atoms with Gasteiger partial charge in [0.05, 0.1) is 0 Å². The predicted octanol–water partition coefficient (Wildman–Crippen LogP) is -0.248.